The van der Waals surface area contributed by atoms with Gasteiger partial charge in [-0.25, -0.2) is 0 Å². The summed E-state index contributed by atoms with van der Waals surface area (Å²) in [5.41, 5.74) is 62.4. The molecule has 0 aliphatic heterocycles. The number of hydrogen-bond acceptors (Lipinski definition) is 0. The Kier molecular flexibility index (Phi) is 1.13. The van der Waals surface area contributed by atoms with E-state index < -0.39 is 0 Å². The molecule has 0 aromatic rings. The molecule has 0 amide bonds. The van der Waals surface area contributed by atoms with E-state index in [1.807, 2.05) is 25.7 Å². The summed E-state index contributed by atoms with van der Waals surface area (Å²) in [6, 6.07) is 0. The Morgan fingerprint density at radius 1 is 0.102 bits per heavy atom. The number of rotatable bonds is 0. The van der Waals surface area contributed by atoms with Gasteiger partial charge in [0, 0.05) is 0 Å². The smallest absolute Gasteiger partial charge is 0.0000127 e. The van der Waals surface area contributed by atoms with Crippen molar-refractivity contribution in [2.24, 2.45) is 405 Å². The zero-order valence-electron chi connectivity index (χ0n) is 47.1. The molecule has 88 heavy (non-hydrogen) atoms. The minimum absolute atomic E-state index is 1.12. The predicted molar refractivity (Wildman–Crippen MR) is 264 cm³/mol. The summed E-state index contributed by atoms with van der Waals surface area (Å²) >= 11 is 0. The Hall–Kier alpha value is 0. The fraction of sp³-hybridized carbons (Fsp3) is 1.00. The standard InChI is InChI=1S/C88H38/c1-5-13-21-22-14-6-2-10-19-27-31-34-32-28-20-12-4-8-16-24-23-15-7-3-11-18-26-30-33-29-25-17-9(1)35(5)39(13)47(21)48(22)40(14)36(6,10)44(19)53(27)57(31)60(34)58(32)54(28)46(20)38(8,12)42(16)50(24)49(23)41(15)37(7,11)45(18)52(26)56(30)59(33)55(29)51(25)43(17,35)61(39)65(47)66(48)62(40,44)70(53)75(57)78(60)76(58)72(54)64(42,46)68(50)67(49)63(41,45)71(52)74(56)77(59)73(55)69(51,61)79(65)80(66,70)84(75)83(73,79)87(77)85(74)81(67,71)82(68,72)86(76,85)88(78,84)87/h5-34H,1-4H2. The van der Waals surface area contributed by atoms with E-state index in [2.05, 4.69) is 0 Å². The van der Waals surface area contributed by atoms with Crippen LogP contribution < -0.4 is 0 Å². The lowest BCUT2D eigenvalue weighted by atomic mass is 8.20. The van der Waals surface area contributed by atoms with Gasteiger partial charge in [0.1, 0.15) is 0 Å². The maximum atomic E-state index is 1.93. The molecule has 0 heteroatoms. The van der Waals surface area contributed by atoms with Gasteiger partial charge >= 0.3 is 0 Å². The van der Waals surface area contributed by atoms with Gasteiger partial charge in [0.25, 0.3) is 0 Å². The molecule has 0 aromatic heterocycles. The average molecular weight is 1100 g/mol. The van der Waals surface area contributed by atoms with Crippen LogP contribution in [0.1, 0.15) is 25.7 Å². The van der Waals surface area contributed by atoms with Crippen LogP contribution in [0, 0.1) is 470 Å². The summed E-state index contributed by atoms with van der Waals surface area (Å²) < 4.78 is 0. The minimum Gasteiger partial charge on any atom is -0.0458 e. The van der Waals surface area contributed by atoms with Crippen molar-refractivity contribution in [1.29, 1.82) is 0 Å². The Morgan fingerprint density at radius 3 is 0.375 bits per heavy atom. The molecule has 76 atom stereocenters. The third-order valence-corrected chi connectivity index (χ3v) is 82.9. The first-order chi connectivity index (χ1) is 43.8. The number of fused-ring (bicyclic) bond motifs is 26. The molecule has 70 rings (SSSR count). The van der Waals surface area contributed by atoms with E-state index in [1.54, 1.807) is 0 Å². The van der Waals surface area contributed by atoms with E-state index >= 15 is 0 Å². The molecule has 390 valence electrons. The monoisotopic (exact) mass is 1090 g/mol. The van der Waals surface area contributed by atoms with Crippen LogP contribution in [0.4, 0.5) is 0 Å². The highest BCUT2D eigenvalue weighted by Gasteiger charge is 3.87. The molecule has 0 aromatic carbocycles. The molecule has 0 heterocycles. The highest BCUT2D eigenvalue weighted by atomic mass is 15.9. The van der Waals surface area contributed by atoms with Gasteiger partial charge in [-0.2, -0.15) is 0 Å². The molecule has 70 aliphatic rings. The summed E-state index contributed by atoms with van der Waals surface area (Å²) in [5.74, 6) is 43.4. The van der Waals surface area contributed by atoms with Crippen molar-refractivity contribution < 1.29 is 0 Å². The van der Waals surface area contributed by atoms with Crippen LogP contribution in [-0.4, -0.2) is 0 Å². The van der Waals surface area contributed by atoms with Crippen LogP contribution in [0.15, 0.2) is 0 Å². The van der Waals surface area contributed by atoms with Gasteiger partial charge in [0.15, 0.2) is 0 Å². The lowest BCUT2D eigenvalue weighted by molar-refractivity contribution is -1.20. The van der Waals surface area contributed by atoms with Crippen LogP contribution in [0.25, 0.3) is 0 Å². The molecule has 0 nitrogen and oxygen atoms in total. The van der Waals surface area contributed by atoms with Crippen molar-refractivity contribution in [2.45, 2.75) is 25.7 Å². The van der Waals surface area contributed by atoms with Crippen LogP contribution in [0.2, 0.25) is 0 Å². The van der Waals surface area contributed by atoms with Gasteiger partial charge in [0.2, 0.25) is 0 Å². The van der Waals surface area contributed by atoms with Gasteiger partial charge in [0.05, 0.1) is 0 Å². The van der Waals surface area contributed by atoms with E-state index in [0.29, 0.717) is 0 Å². The van der Waals surface area contributed by atoms with Gasteiger partial charge in [-0.1, -0.05) is 0 Å². The zero-order chi connectivity index (χ0) is 47.1. The predicted octanol–water partition coefficient (Wildman–Crippen LogP) is 6.23. The second kappa shape index (κ2) is 3.68. The zero-order valence-corrected chi connectivity index (χ0v) is 47.1. The SMILES string of the molecule is C1C2C3C4C5C6C7CC8C9C%10C%11C%12C%13C%14C%15C%16CC%17C%18C%19C%20C%21C%22CC%23C%24C%25C%26C%27C%28C%29C%30C1C21C32C43C54C65C78C96C%107C%118C%129C%13%10C%14%11C%15%12C%17%16C%18%13C%19%14C%20%15C%21%16C%22%23C%24%17C%25%18C%26%19C%27%20C%28%21C%29%22C%301C21C32C43C56C74C85C96C%107C%118C%13%12C%149C%15%10C%16%17C%18%11C%19%12C%20%13C%21%14C%221C21C34C52C%141C%131C%123C%10%11C98C73C621. The summed E-state index contributed by atoms with van der Waals surface area (Å²) in [6.45, 7) is 0. The first-order valence-electron chi connectivity index (χ1n) is 43.8. The fourth-order valence-electron chi connectivity index (χ4n) is 110. The molecular weight excluding hydrogens is 1060 g/mol. The quantitative estimate of drug-likeness (QED) is 0.271. The van der Waals surface area contributed by atoms with Crippen molar-refractivity contribution in [3.63, 3.8) is 0 Å². The third kappa shape index (κ3) is 0.481. The summed E-state index contributed by atoms with van der Waals surface area (Å²) in [4.78, 5) is 0. The van der Waals surface area contributed by atoms with Crippen LogP contribution >= 0.6 is 0 Å². The first-order valence-corrected chi connectivity index (χ1v) is 43.8. The molecule has 0 N–H and O–H groups in total. The van der Waals surface area contributed by atoms with Gasteiger partial charge in [-0.05, 0) is 496 Å². The highest BCUT2D eigenvalue weighted by Crippen LogP contribution is 3.91. The molecule has 70 aliphatic carbocycles. The van der Waals surface area contributed by atoms with E-state index in [9.17, 15) is 0 Å². The lowest BCUT2D eigenvalue weighted by Crippen LogP contribution is -3.78. The van der Waals surface area contributed by atoms with E-state index in [4.69, 9.17) is 0 Å². The molecule has 70 saturated carbocycles. The largest absolute Gasteiger partial charge is 0.0458 e. The van der Waals surface area contributed by atoms with Crippen LogP contribution in [0.3, 0.4) is 0 Å². The van der Waals surface area contributed by atoms with E-state index in [-0.39, 0.29) is 0 Å². The highest BCUT2D eigenvalue weighted by molar-refractivity contribution is 6.72. The maximum Gasteiger partial charge on any atom is -0.0000127 e. The molecule has 70 fully saturated rings. The van der Waals surface area contributed by atoms with Crippen molar-refractivity contribution in [3.05, 3.63) is 65.0 Å². The fourth-order valence-corrected chi connectivity index (χ4v) is 110. The van der Waals surface area contributed by atoms with Gasteiger partial charge in [-0.3, -0.25) is 0 Å². The Bertz CT molecular complexity index is 6460. The summed E-state index contributed by atoms with van der Waals surface area (Å²) in [7, 11) is 0. The van der Waals surface area contributed by atoms with E-state index in [1.165, 1.54) is 307 Å². The normalized spacial score (nSPS) is 156. The maximum absolute atomic E-state index is 1.93. The first kappa shape index (κ1) is 27.0. The Morgan fingerprint density at radius 2 is 0.216 bits per heavy atom. The number of hydrogen-bond donors (Lipinski definition) is 0. The van der Waals surface area contributed by atoms with Crippen molar-refractivity contribution in [2.75, 3.05) is 0 Å². The minimum atomic E-state index is 1.12. The molecule has 76 unspecified atom stereocenters. The topological polar surface area (TPSA) is 0 Å². The van der Waals surface area contributed by atoms with Crippen LogP contribution in [-0.2, 0) is 0 Å². The third-order valence-electron chi connectivity index (χ3n) is 82.9. The Balaban J connectivity index is 0.657. The second-order valence-corrected chi connectivity index (χ2v) is 59.6. The van der Waals surface area contributed by atoms with Crippen LogP contribution in [0.5, 0.6) is 0 Å². The van der Waals surface area contributed by atoms with Crippen molar-refractivity contribution in [1.82, 2.24) is 0 Å². The van der Waals surface area contributed by atoms with Gasteiger partial charge in [-0.15, -0.1) is 0 Å². The lowest BCUT2D eigenvalue weighted by Gasteiger charge is -3.81. The second-order valence-electron chi connectivity index (χ2n) is 59.6. The Labute approximate surface area is 492 Å². The van der Waals surface area contributed by atoms with Gasteiger partial charge < -0.3 is 0 Å². The molecular formula is C88H38. The molecule has 0 bridgehead atoms. The van der Waals surface area contributed by atoms with Crippen molar-refractivity contribution >= 4 is 0 Å². The summed E-state index contributed by atoms with van der Waals surface area (Å²) in [6.07, 6.45) is 7.70. The van der Waals surface area contributed by atoms with Crippen molar-refractivity contribution in [3.8, 4) is 0 Å². The van der Waals surface area contributed by atoms with E-state index in [0.717, 1.165) is 162 Å². The molecule has 0 radical (unpaired) electrons. The summed E-state index contributed by atoms with van der Waals surface area (Å²) in [5, 5.41) is 0. The molecule has 0 saturated heterocycles. The molecule has 54 spiro atoms. The average Bonchev–Trinajstić information content (AvgIpc) is 0.397.